The van der Waals surface area contributed by atoms with Crippen molar-refractivity contribution in [2.75, 3.05) is 19.8 Å². The van der Waals surface area contributed by atoms with Crippen LogP contribution >= 0.6 is 0 Å². The first-order valence-corrected chi connectivity index (χ1v) is 6.20. The van der Waals surface area contributed by atoms with Crippen LogP contribution in [0.5, 0.6) is 0 Å². The van der Waals surface area contributed by atoms with Gasteiger partial charge in [0.2, 0.25) is 5.96 Å². The highest BCUT2D eigenvalue weighted by molar-refractivity contribution is 7.90. The van der Waals surface area contributed by atoms with Crippen LogP contribution in [0.25, 0.3) is 0 Å². The molecule has 7 nitrogen and oxygen atoms in total. The van der Waals surface area contributed by atoms with Crippen LogP contribution in [0.4, 0.5) is 13.2 Å². The minimum Gasteiger partial charge on any atom is -0.369 e. The molecule has 0 aliphatic carbocycles. The number of rotatable bonds is 3. The summed E-state index contributed by atoms with van der Waals surface area (Å²) in [6, 6.07) is 0. The van der Waals surface area contributed by atoms with E-state index in [1.807, 2.05) is 0 Å². The molecule has 11 heteroatoms. The normalized spacial score (nSPS) is 14.7. The van der Waals surface area contributed by atoms with Crippen LogP contribution in [0, 0.1) is 0 Å². The molecule has 0 atom stereocenters. The van der Waals surface area contributed by atoms with Gasteiger partial charge in [0.05, 0.1) is 12.2 Å². The maximum absolute atomic E-state index is 11.8. The minimum absolute atomic E-state index is 0.123. The Morgan fingerprint density at radius 3 is 2.17 bits per heavy atom. The third-order valence-electron chi connectivity index (χ3n) is 1.56. The van der Waals surface area contributed by atoms with Crippen molar-refractivity contribution in [2.24, 2.45) is 20.9 Å². The zero-order valence-electron chi connectivity index (χ0n) is 9.77. The average molecular weight is 289 g/mol. The second-order valence-electron chi connectivity index (χ2n) is 3.47. The Morgan fingerprint density at radius 1 is 1.28 bits per heavy atom. The predicted octanol–water partition coefficient (Wildman–Crippen LogP) is -0.540. The lowest BCUT2D eigenvalue weighted by molar-refractivity contribution is -0.129. The first-order chi connectivity index (χ1) is 7.93. The number of alkyl halides is 3. The van der Waals surface area contributed by atoms with Crippen LogP contribution in [0.2, 0.25) is 0 Å². The smallest absolute Gasteiger partial charge is 0.369 e. The summed E-state index contributed by atoms with van der Waals surface area (Å²) in [6.45, 7) is 0. The topological polar surface area (TPSA) is 114 Å². The lowest BCUT2D eigenvalue weighted by Crippen LogP contribution is -2.32. The Hall–Kier alpha value is -1.52. The van der Waals surface area contributed by atoms with Crippen molar-refractivity contribution in [3.63, 3.8) is 0 Å². The molecular formula is C7H14F3N5O2S. The Bertz CT molecular complexity index is 440. The van der Waals surface area contributed by atoms with Gasteiger partial charge in [-0.3, -0.25) is 0 Å². The molecule has 0 aromatic rings. The number of hydrogen-bond donors (Lipinski definition) is 2. The summed E-state index contributed by atoms with van der Waals surface area (Å²) in [4.78, 5) is 4.72. The summed E-state index contributed by atoms with van der Waals surface area (Å²) in [5.74, 6) is -2.03. The van der Waals surface area contributed by atoms with Gasteiger partial charge in [-0.1, -0.05) is 0 Å². The summed E-state index contributed by atoms with van der Waals surface area (Å²) < 4.78 is 60.7. The molecule has 4 N–H and O–H groups in total. The largest absolute Gasteiger partial charge is 0.390 e. The predicted molar refractivity (Wildman–Crippen MR) is 61.4 cm³/mol. The van der Waals surface area contributed by atoms with Crippen molar-refractivity contribution in [1.29, 1.82) is 0 Å². The molecule has 0 radical (unpaired) electrons. The molecule has 0 rings (SSSR count). The molecule has 0 saturated carbocycles. The molecule has 0 heterocycles. The Kier molecular flexibility index (Phi) is 5.39. The highest BCUT2D eigenvalue weighted by Crippen LogP contribution is 2.20. The zero-order chi connectivity index (χ0) is 14.6. The molecule has 0 unspecified atom stereocenters. The Balaban J connectivity index is 4.80. The van der Waals surface area contributed by atoms with Gasteiger partial charge in [-0.15, -0.1) is 4.40 Å². The highest BCUT2D eigenvalue weighted by Gasteiger charge is 2.29. The molecule has 0 spiro atoms. The first-order valence-electron chi connectivity index (χ1n) is 4.59. The molecule has 0 aliphatic rings. The van der Waals surface area contributed by atoms with Crippen molar-refractivity contribution >= 4 is 21.9 Å². The minimum atomic E-state index is -4.58. The van der Waals surface area contributed by atoms with Crippen molar-refractivity contribution < 1.29 is 21.6 Å². The van der Waals surface area contributed by atoms with Crippen LogP contribution in [-0.2, 0) is 10.0 Å². The third kappa shape index (κ3) is 7.70. The quantitative estimate of drug-likeness (QED) is 0.535. The summed E-state index contributed by atoms with van der Waals surface area (Å²) in [6.07, 6.45) is -6.08. The number of nitrogens with two attached hydrogens (primary N) is 2. The van der Waals surface area contributed by atoms with E-state index in [-0.39, 0.29) is 5.96 Å². The molecule has 0 aromatic heterocycles. The van der Waals surface area contributed by atoms with Crippen LogP contribution in [0.15, 0.2) is 9.39 Å². The average Bonchev–Trinajstić information content (AvgIpc) is 2.12. The first kappa shape index (κ1) is 16.5. The molecule has 0 aliphatic heterocycles. The van der Waals surface area contributed by atoms with Crippen molar-refractivity contribution in [1.82, 2.24) is 4.90 Å². The van der Waals surface area contributed by atoms with E-state index in [1.54, 1.807) is 0 Å². The third-order valence-corrected chi connectivity index (χ3v) is 2.75. The molecular weight excluding hydrogens is 275 g/mol. The number of guanidine groups is 2. The van der Waals surface area contributed by atoms with E-state index in [4.69, 9.17) is 11.5 Å². The summed E-state index contributed by atoms with van der Waals surface area (Å²) in [5.41, 5.74) is 10.5. The monoisotopic (exact) mass is 289 g/mol. The van der Waals surface area contributed by atoms with Gasteiger partial charge in [-0.2, -0.15) is 18.2 Å². The van der Waals surface area contributed by atoms with E-state index in [2.05, 4.69) is 9.39 Å². The zero-order valence-corrected chi connectivity index (χ0v) is 10.6. The van der Waals surface area contributed by atoms with E-state index in [1.165, 1.54) is 19.0 Å². The molecule has 106 valence electrons. The molecule has 0 amide bonds. The lowest BCUT2D eigenvalue weighted by atomic mass is 10.5. The molecule has 0 fully saturated rings. The van der Waals surface area contributed by atoms with Gasteiger partial charge in [0.15, 0.2) is 5.96 Å². The van der Waals surface area contributed by atoms with E-state index >= 15 is 0 Å². The van der Waals surface area contributed by atoms with Crippen molar-refractivity contribution in [2.45, 2.75) is 12.6 Å². The number of aliphatic imine (C=N–C) groups is 1. The van der Waals surface area contributed by atoms with Crippen LogP contribution in [0.1, 0.15) is 6.42 Å². The number of halogens is 3. The standard InChI is InChI=1S/C7H14F3N5O2S/c1-15(2)6(12)13-5(11)14-18(16,17)4-3-7(8,9)10/h3-4H2,1-2H3,(H4,11,12,13,14). The summed E-state index contributed by atoms with van der Waals surface area (Å²) in [7, 11) is -1.29. The van der Waals surface area contributed by atoms with Gasteiger partial charge in [-0.25, -0.2) is 8.42 Å². The molecule has 0 aromatic carbocycles. The fourth-order valence-electron chi connectivity index (χ4n) is 0.671. The molecule has 0 saturated heterocycles. The van der Waals surface area contributed by atoms with Gasteiger partial charge in [0, 0.05) is 14.1 Å². The fraction of sp³-hybridized carbons (Fsp3) is 0.714. The van der Waals surface area contributed by atoms with Gasteiger partial charge >= 0.3 is 6.18 Å². The SMILES string of the molecule is CN(C)/C(N)=N/C(N)=N/S(=O)(=O)CCC(F)(F)F. The van der Waals surface area contributed by atoms with E-state index < -0.39 is 34.3 Å². The second kappa shape index (κ2) is 5.89. The molecule has 18 heavy (non-hydrogen) atoms. The second-order valence-corrected chi connectivity index (χ2v) is 5.22. The van der Waals surface area contributed by atoms with Gasteiger partial charge in [-0.05, 0) is 0 Å². The maximum atomic E-state index is 11.8. The Labute approximate surface area is 102 Å². The van der Waals surface area contributed by atoms with E-state index in [0.29, 0.717) is 0 Å². The van der Waals surface area contributed by atoms with Gasteiger partial charge < -0.3 is 16.4 Å². The van der Waals surface area contributed by atoms with Crippen LogP contribution < -0.4 is 11.5 Å². The number of sulfonamides is 1. The fourth-order valence-corrected chi connectivity index (χ4v) is 1.58. The lowest BCUT2D eigenvalue weighted by Gasteiger charge is -2.09. The van der Waals surface area contributed by atoms with E-state index in [0.717, 1.165) is 0 Å². The van der Waals surface area contributed by atoms with Crippen LogP contribution in [0.3, 0.4) is 0 Å². The summed E-state index contributed by atoms with van der Waals surface area (Å²) >= 11 is 0. The highest BCUT2D eigenvalue weighted by atomic mass is 32.2. The number of nitrogens with zero attached hydrogens (tertiary/aromatic N) is 3. The van der Waals surface area contributed by atoms with Gasteiger partial charge in [0.1, 0.15) is 0 Å². The van der Waals surface area contributed by atoms with Gasteiger partial charge in [0.25, 0.3) is 10.0 Å². The molecule has 0 bridgehead atoms. The summed E-state index contributed by atoms with van der Waals surface area (Å²) in [5, 5.41) is 0. The van der Waals surface area contributed by atoms with Crippen molar-refractivity contribution in [3.8, 4) is 0 Å². The van der Waals surface area contributed by atoms with Crippen LogP contribution in [-0.4, -0.2) is 51.3 Å². The number of hydrogen-bond acceptors (Lipinski definition) is 2. The van der Waals surface area contributed by atoms with E-state index in [9.17, 15) is 21.6 Å². The van der Waals surface area contributed by atoms with Crippen molar-refractivity contribution in [3.05, 3.63) is 0 Å². The maximum Gasteiger partial charge on any atom is 0.390 e. The Morgan fingerprint density at radius 2 is 1.78 bits per heavy atom.